The number of ether oxygens (including phenoxy) is 3. The number of Topliss-reactive ketones (excluding diaryl/α,β-unsaturated/α-hetero) is 1. The van der Waals surface area contributed by atoms with Gasteiger partial charge in [-0.15, -0.1) is 0 Å². The Bertz CT molecular complexity index is 401. The van der Waals surface area contributed by atoms with Gasteiger partial charge in [-0.2, -0.15) is 0 Å². The topological polar surface area (TPSA) is 99.2 Å². The van der Waals surface area contributed by atoms with Gasteiger partial charge in [0.2, 0.25) is 5.54 Å². The first-order valence-corrected chi connectivity index (χ1v) is 5.48. The summed E-state index contributed by atoms with van der Waals surface area (Å²) in [6, 6.07) is 0. The number of hydrogen-bond donors (Lipinski definition) is 0. The Labute approximate surface area is 109 Å². The molecule has 0 N–H and O–H groups in total. The van der Waals surface area contributed by atoms with Crippen LogP contribution in [-0.4, -0.2) is 62.1 Å². The van der Waals surface area contributed by atoms with Crippen molar-refractivity contribution in [1.29, 1.82) is 0 Å². The number of rotatable bonds is 2. The molecule has 1 aliphatic heterocycles. The number of carbonyl (C=O) groups is 4. The minimum atomic E-state index is -1.97. The molecule has 1 heterocycles. The van der Waals surface area contributed by atoms with Crippen LogP contribution in [-0.2, 0) is 28.6 Å². The monoisotopic (exact) mass is 273 g/mol. The normalized spacial score (nSPS) is 17.6. The Morgan fingerprint density at radius 3 is 2.00 bits per heavy atom. The summed E-state index contributed by atoms with van der Waals surface area (Å²) in [5.41, 5.74) is -1.97. The van der Waals surface area contributed by atoms with Crippen LogP contribution >= 0.6 is 0 Å². The fourth-order valence-corrected chi connectivity index (χ4v) is 2.02. The second kappa shape index (κ2) is 5.68. The molecule has 1 saturated heterocycles. The van der Waals surface area contributed by atoms with Gasteiger partial charge in [-0.25, -0.2) is 14.4 Å². The van der Waals surface area contributed by atoms with Gasteiger partial charge in [0.05, 0.1) is 27.9 Å². The van der Waals surface area contributed by atoms with Crippen molar-refractivity contribution in [2.24, 2.45) is 0 Å². The van der Waals surface area contributed by atoms with Crippen molar-refractivity contribution in [2.45, 2.75) is 18.4 Å². The van der Waals surface area contributed by atoms with Crippen molar-refractivity contribution >= 4 is 23.8 Å². The van der Waals surface area contributed by atoms with Gasteiger partial charge in [0.15, 0.2) is 5.78 Å². The fourth-order valence-electron chi connectivity index (χ4n) is 2.02. The van der Waals surface area contributed by atoms with E-state index in [9.17, 15) is 19.2 Å². The van der Waals surface area contributed by atoms with Crippen LogP contribution in [0, 0.1) is 0 Å². The van der Waals surface area contributed by atoms with Gasteiger partial charge in [-0.3, -0.25) is 9.69 Å². The Kier molecular flexibility index (Phi) is 4.47. The van der Waals surface area contributed by atoms with Crippen LogP contribution < -0.4 is 0 Å². The fraction of sp³-hybridized carbons (Fsp3) is 0.636. The summed E-state index contributed by atoms with van der Waals surface area (Å²) in [4.78, 5) is 47.8. The maximum atomic E-state index is 11.9. The van der Waals surface area contributed by atoms with Crippen molar-refractivity contribution in [3.63, 3.8) is 0 Å². The molecule has 0 radical (unpaired) electrons. The van der Waals surface area contributed by atoms with Crippen LogP contribution in [0.3, 0.4) is 0 Å². The molecule has 0 atom stereocenters. The first-order chi connectivity index (χ1) is 8.93. The highest BCUT2D eigenvalue weighted by atomic mass is 16.6. The molecule has 1 fully saturated rings. The standard InChI is InChI=1S/C11H15NO7/c1-17-8(14)11(9(15)18-2)5-4-7(13)6-12(11)10(16)19-3/h4-6H2,1-3H3. The van der Waals surface area contributed by atoms with E-state index in [4.69, 9.17) is 0 Å². The third-order valence-electron chi connectivity index (χ3n) is 3.00. The largest absolute Gasteiger partial charge is 0.467 e. The van der Waals surface area contributed by atoms with Crippen LogP contribution in [0.1, 0.15) is 12.8 Å². The SMILES string of the molecule is COC(=O)N1CC(=O)CCC1(C(=O)OC)C(=O)OC. The molecule has 0 aromatic rings. The maximum Gasteiger partial charge on any atom is 0.411 e. The molecule has 1 rings (SSSR count). The van der Waals surface area contributed by atoms with E-state index in [1.807, 2.05) is 0 Å². The number of likely N-dealkylation sites (tertiary alicyclic amines) is 1. The Morgan fingerprint density at radius 1 is 1.05 bits per heavy atom. The molecule has 19 heavy (non-hydrogen) atoms. The summed E-state index contributed by atoms with van der Waals surface area (Å²) >= 11 is 0. The molecule has 0 aromatic carbocycles. The first kappa shape index (κ1) is 14.9. The molecule has 8 nitrogen and oxygen atoms in total. The van der Waals surface area contributed by atoms with Crippen molar-refractivity contribution in [3.05, 3.63) is 0 Å². The summed E-state index contributed by atoms with van der Waals surface area (Å²) < 4.78 is 13.7. The highest BCUT2D eigenvalue weighted by Gasteiger charge is 2.58. The van der Waals surface area contributed by atoms with Crippen molar-refractivity contribution in [3.8, 4) is 0 Å². The summed E-state index contributed by atoms with van der Waals surface area (Å²) in [6.45, 7) is -0.406. The van der Waals surface area contributed by atoms with Gasteiger partial charge in [0, 0.05) is 6.42 Å². The first-order valence-electron chi connectivity index (χ1n) is 5.48. The second-order valence-electron chi connectivity index (χ2n) is 3.94. The molecule has 1 amide bonds. The van der Waals surface area contributed by atoms with Crippen LogP contribution in [0.4, 0.5) is 4.79 Å². The van der Waals surface area contributed by atoms with Crippen LogP contribution in [0.5, 0.6) is 0 Å². The lowest BCUT2D eigenvalue weighted by atomic mass is 9.86. The average Bonchev–Trinajstić information content (AvgIpc) is 2.44. The molecule has 8 heteroatoms. The predicted molar refractivity (Wildman–Crippen MR) is 60.1 cm³/mol. The summed E-state index contributed by atoms with van der Waals surface area (Å²) in [5.74, 6) is -2.21. The van der Waals surface area contributed by atoms with Gasteiger partial charge < -0.3 is 14.2 Å². The molecule has 106 valence electrons. The Hall–Kier alpha value is -2.12. The number of hydrogen-bond acceptors (Lipinski definition) is 7. The van der Waals surface area contributed by atoms with Gasteiger partial charge in [-0.05, 0) is 6.42 Å². The van der Waals surface area contributed by atoms with E-state index >= 15 is 0 Å². The van der Waals surface area contributed by atoms with E-state index in [0.29, 0.717) is 0 Å². The number of methoxy groups -OCH3 is 3. The minimum Gasteiger partial charge on any atom is -0.467 e. The van der Waals surface area contributed by atoms with Crippen molar-refractivity contribution in [2.75, 3.05) is 27.9 Å². The van der Waals surface area contributed by atoms with Gasteiger partial charge in [0.25, 0.3) is 0 Å². The third kappa shape index (κ3) is 2.38. The molecule has 0 spiro atoms. The Morgan fingerprint density at radius 2 is 1.58 bits per heavy atom. The maximum absolute atomic E-state index is 11.9. The summed E-state index contributed by atoms with van der Waals surface area (Å²) in [6.07, 6.45) is -1.19. The van der Waals surface area contributed by atoms with E-state index in [0.717, 1.165) is 26.2 Å². The number of piperidine rings is 1. The molecule has 0 bridgehead atoms. The van der Waals surface area contributed by atoms with Crippen molar-refractivity contribution < 1.29 is 33.4 Å². The van der Waals surface area contributed by atoms with Gasteiger partial charge >= 0.3 is 18.0 Å². The molecular formula is C11H15NO7. The second-order valence-corrected chi connectivity index (χ2v) is 3.94. The lowest BCUT2D eigenvalue weighted by Gasteiger charge is -2.40. The number of ketones is 1. The number of amides is 1. The van der Waals surface area contributed by atoms with E-state index < -0.39 is 30.1 Å². The molecule has 0 aromatic heterocycles. The summed E-state index contributed by atoms with van der Waals surface area (Å²) in [5, 5.41) is 0. The zero-order valence-corrected chi connectivity index (χ0v) is 10.9. The highest BCUT2D eigenvalue weighted by Crippen LogP contribution is 2.30. The number of nitrogens with zero attached hydrogens (tertiary/aromatic N) is 1. The third-order valence-corrected chi connectivity index (χ3v) is 3.00. The Balaban J connectivity index is 3.30. The van der Waals surface area contributed by atoms with E-state index in [1.54, 1.807) is 0 Å². The zero-order valence-electron chi connectivity index (χ0n) is 10.9. The average molecular weight is 273 g/mol. The number of esters is 2. The van der Waals surface area contributed by atoms with E-state index in [-0.39, 0.29) is 18.6 Å². The molecule has 0 unspecified atom stereocenters. The lowest BCUT2D eigenvalue weighted by Crippen LogP contribution is -2.66. The number of carbonyl (C=O) groups excluding carboxylic acids is 4. The van der Waals surface area contributed by atoms with Crippen LogP contribution in [0.15, 0.2) is 0 Å². The molecule has 0 aliphatic carbocycles. The molecular weight excluding hydrogens is 258 g/mol. The molecule has 1 aliphatic rings. The van der Waals surface area contributed by atoms with Gasteiger partial charge in [0.1, 0.15) is 0 Å². The van der Waals surface area contributed by atoms with Crippen LogP contribution in [0.2, 0.25) is 0 Å². The van der Waals surface area contributed by atoms with E-state index in [2.05, 4.69) is 14.2 Å². The predicted octanol–water partition coefficient (Wildman–Crippen LogP) is -0.497. The minimum absolute atomic E-state index is 0.0301. The summed E-state index contributed by atoms with van der Waals surface area (Å²) in [7, 11) is 3.25. The van der Waals surface area contributed by atoms with Gasteiger partial charge in [-0.1, -0.05) is 0 Å². The highest BCUT2D eigenvalue weighted by molar-refractivity contribution is 6.09. The van der Waals surface area contributed by atoms with Crippen molar-refractivity contribution in [1.82, 2.24) is 4.90 Å². The lowest BCUT2D eigenvalue weighted by molar-refractivity contribution is -0.173. The van der Waals surface area contributed by atoms with Crippen LogP contribution in [0.25, 0.3) is 0 Å². The quantitative estimate of drug-likeness (QED) is 0.380. The molecule has 0 saturated carbocycles. The zero-order chi connectivity index (χ0) is 14.6. The van der Waals surface area contributed by atoms with E-state index in [1.165, 1.54) is 0 Å². The smallest absolute Gasteiger partial charge is 0.411 e.